The summed E-state index contributed by atoms with van der Waals surface area (Å²) in [5.74, 6) is 0.0494. The van der Waals surface area contributed by atoms with E-state index in [1.165, 1.54) is 16.7 Å². The van der Waals surface area contributed by atoms with E-state index in [0.717, 1.165) is 5.56 Å². The SMILES string of the molecule is COCCNC(=O)Cc1cc(C)c(C)cc1C. The molecule has 0 heterocycles. The number of nitrogens with one attached hydrogen (secondary N) is 1. The molecule has 0 aromatic heterocycles. The van der Waals surface area contributed by atoms with Crippen LogP contribution in [0, 0.1) is 20.8 Å². The first-order chi connectivity index (χ1) is 8.04. The van der Waals surface area contributed by atoms with Gasteiger partial charge in [-0.2, -0.15) is 0 Å². The summed E-state index contributed by atoms with van der Waals surface area (Å²) >= 11 is 0. The molecule has 1 N–H and O–H groups in total. The lowest BCUT2D eigenvalue weighted by Crippen LogP contribution is -2.28. The van der Waals surface area contributed by atoms with E-state index in [9.17, 15) is 4.79 Å². The first-order valence-electron chi connectivity index (χ1n) is 5.87. The van der Waals surface area contributed by atoms with Gasteiger partial charge in [0.15, 0.2) is 0 Å². The molecule has 0 aliphatic heterocycles. The lowest BCUT2D eigenvalue weighted by atomic mass is 9.98. The molecule has 0 radical (unpaired) electrons. The molecule has 0 atom stereocenters. The fraction of sp³-hybridized carbons (Fsp3) is 0.500. The summed E-state index contributed by atoms with van der Waals surface area (Å²) in [6.45, 7) is 7.33. The lowest BCUT2D eigenvalue weighted by Gasteiger charge is -2.10. The van der Waals surface area contributed by atoms with Gasteiger partial charge in [-0.15, -0.1) is 0 Å². The third-order valence-corrected chi connectivity index (χ3v) is 2.93. The number of carbonyl (C=O) groups is 1. The highest BCUT2D eigenvalue weighted by Gasteiger charge is 2.07. The average molecular weight is 235 g/mol. The quantitative estimate of drug-likeness (QED) is 0.792. The van der Waals surface area contributed by atoms with Gasteiger partial charge in [0.1, 0.15) is 0 Å². The van der Waals surface area contributed by atoms with Crippen LogP contribution in [-0.4, -0.2) is 26.2 Å². The van der Waals surface area contributed by atoms with Crippen molar-refractivity contribution >= 4 is 5.91 Å². The molecule has 94 valence electrons. The summed E-state index contributed by atoms with van der Waals surface area (Å²) in [4.78, 5) is 11.7. The summed E-state index contributed by atoms with van der Waals surface area (Å²) in [5.41, 5.74) is 4.78. The molecule has 0 spiro atoms. The average Bonchev–Trinajstić information content (AvgIpc) is 2.26. The van der Waals surface area contributed by atoms with Crippen LogP contribution in [0.4, 0.5) is 0 Å². The molecule has 1 amide bonds. The van der Waals surface area contributed by atoms with Crippen molar-refractivity contribution in [2.24, 2.45) is 0 Å². The molecule has 3 heteroatoms. The van der Waals surface area contributed by atoms with Crippen molar-refractivity contribution in [1.29, 1.82) is 0 Å². The van der Waals surface area contributed by atoms with Gasteiger partial charge in [0.25, 0.3) is 0 Å². The zero-order valence-corrected chi connectivity index (χ0v) is 11.1. The molecule has 0 saturated heterocycles. The number of ether oxygens (including phenoxy) is 1. The van der Waals surface area contributed by atoms with Crippen LogP contribution < -0.4 is 5.32 Å². The predicted octanol–water partition coefficient (Wildman–Crippen LogP) is 1.92. The second kappa shape index (κ2) is 6.40. The molecule has 0 saturated carbocycles. The number of rotatable bonds is 5. The molecule has 3 nitrogen and oxygen atoms in total. The van der Waals surface area contributed by atoms with Gasteiger partial charge in [-0.05, 0) is 43.0 Å². The van der Waals surface area contributed by atoms with E-state index < -0.39 is 0 Å². The van der Waals surface area contributed by atoms with Crippen LogP contribution in [0.1, 0.15) is 22.3 Å². The Kier molecular flexibility index (Phi) is 5.16. The molecule has 1 aromatic rings. The highest BCUT2D eigenvalue weighted by molar-refractivity contribution is 5.79. The van der Waals surface area contributed by atoms with Gasteiger partial charge in [0.05, 0.1) is 13.0 Å². The van der Waals surface area contributed by atoms with Crippen molar-refractivity contribution in [1.82, 2.24) is 5.32 Å². The maximum absolute atomic E-state index is 11.7. The largest absolute Gasteiger partial charge is 0.383 e. The first kappa shape index (κ1) is 13.7. The van der Waals surface area contributed by atoms with Crippen molar-refractivity contribution in [3.05, 3.63) is 34.4 Å². The molecule has 0 bridgehead atoms. The minimum absolute atomic E-state index is 0.0494. The van der Waals surface area contributed by atoms with Gasteiger partial charge in [-0.25, -0.2) is 0 Å². The van der Waals surface area contributed by atoms with E-state index in [1.54, 1.807) is 7.11 Å². The normalized spacial score (nSPS) is 10.4. The molecule has 0 aliphatic rings. The third kappa shape index (κ3) is 4.19. The Hall–Kier alpha value is -1.35. The molecule has 0 aliphatic carbocycles. The second-order valence-corrected chi connectivity index (χ2v) is 4.38. The van der Waals surface area contributed by atoms with Gasteiger partial charge in [-0.1, -0.05) is 12.1 Å². The smallest absolute Gasteiger partial charge is 0.224 e. The highest BCUT2D eigenvalue weighted by Crippen LogP contribution is 2.15. The molecular formula is C14H21NO2. The number of carbonyl (C=O) groups excluding carboxylic acids is 1. The number of methoxy groups -OCH3 is 1. The van der Waals surface area contributed by atoms with Crippen molar-refractivity contribution in [3.8, 4) is 0 Å². The van der Waals surface area contributed by atoms with E-state index in [2.05, 4.69) is 31.3 Å². The fourth-order valence-electron chi connectivity index (χ4n) is 1.74. The minimum atomic E-state index is 0.0494. The number of aryl methyl sites for hydroxylation is 3. The number of amides is 1. The van der Waals surface area contributed by atoms with Gasteiger partial charge in [0, 0.05) is 13.7 Å². The Morgan fingerprint density at radius 3 is 2.47 bits per heavy atom. The van der Waals surface area contributed by atoms with Crippen LogP contribution in [0.2, 0.25) is 0 Å². The summed E-state index contributed by atoms with van der Waals surface area (Å²) in [6.07, 6.45) is 0.441. The Balaban J connectivity index is 2.62. The Labute approximate surface area is 103 Å². The standard InChI is InChI=1S/C14H21NO2/c1-10-7-12(3)13(8-11(10)2)9-14(16)15-5-6-17-4/h7-8H,5-6,9H2,1-4H3,(H,15,16). The van der Waals surface area contributed by atoms with Crippen LogP contribution in [0.15, 0.2) is 12.1 Å². The van der Waals surface area contributed by atoms with Crippen molar-refractivity contribution in [2.75, 3.05) is 20.3 Å². The summed E-state index contributed by atoms with van der Waals surface area (Å²) in [5, 5.41) is 2.83. The zero-order valence-electron chi connectivity index (χ0n) is 11.1. The fourth-order valence-corrected chi connectivity index (χ4v) is 1.74. The third-order valence-electron chi connectivity index (χ3n) is 2.93. The maximum atomic E-state index is 11.7. The maximum Gasteiger partial charge on any atom is 0.224 e. The van der Waals surface area contributed by atoms with Crippen LogP contribution >= 0.6 is 0 Å². The minimum Gasteiger partial charge on any atom is -0.383 e. The molecule has 17 heavy (non-hydrogen) atoms. The summed E-state index contributed by atoms with van der Waals surface area (Å²) in [7, 11) is 1.62. The summed E-state index contributed by atoms with van der Waals surface area (Å²) < 4.78 is 4.89. The molecule has 0 fully saturated rings. The summed E-state index contributed by atoms with van der Waals surface area (Å²) in [6, 6.07) is 4.23. The number of hydrogen-bond acceptors (Lipinski definition) is 2. The Bertz CT molecular complexity index is 399. The Morgan fingerprint density at radius 1 is 1.18 bits per heavy atom. The highest BCUT2D eigenvalue weighted by atomic mass is 16.5. The van der Waals surface area contributed by atoms with Crippen LogP contribution in [0.25, 0.3) is 0 Å². The van der Waals surface area contributed by atoms with E-state index in [1.807, 2.05) is 6.92 Å². The molecular weight excluding hydrogens is 214 g/mol. The second-order valence-electron chi connectivity index (χ2n) is 4.38. The van der Waals surface area contributed by atoms with Gasteiger partial charge < -0.3 is 10.1 Å². The van der Waals surface area contributed by atoms with E-state index in [4.69, 9.17) is 4.74 Å². The van der Waals surface area contributed by atoms with Crippen molar-refractivity contribution in [3.63, 3.8) is 0 Å². The van der Waals surface area contributed by atoms with Crippen molar-refractivity contribution in [2.45, 2.75) is 27.2 Å². The Morgan fingerprint density at radius 2 is 1.82 bits per heavy atom. The first-order valence-corrected chi connectivity index (χ1v) is 5.87. The van der Waals surface area contributed by atoms with E-state index in [0.29, 0.717) is 19.6 Å². The lowest BCUT2D eigenvalue weighted by molar-refractivity contribution is -0.120. The topological polar surface area (TPSA) is 38.3 Å². The van der Waals surface area contributed by atoms with E-state index >= 15 is 0 Å². The van der Waals surface area contributed by atoms with Crippen LogP contribution in [0.3, 0.4) is 0 Å². The van der Waals surface area contributed by atoms with Gasteiger partial charge >= 0.3 is 0 Å². The van der Waals surface area contributed by atoms with Gasteiger partial charge in [0.2, 0.25) is 5.91 Å². The number of benzene rings is 1. The number of hydrogen-bond donors (Lipinski definition) is 1. The van der Waals surface area contributed by atoms with E-state index in [-0.39, 0.29) is 5.91 Å². The zero-order chi connectivity index (χ0) is 12.8. The van der Waals surface area contributed by atoms with Crippen LogP contribution in [0.5, 0.6) is 0 Å². The molecule has 0 unspecified atom stereocenters. The van der Waals surface area contributed by atoms with Crippen molar-refractivity contribution < 1.29 is 9.53 Å². The van der Waals surface area contributed by atoms with Gasteiger partial charge in [-0.3, -0.25) is 4.79 Å². The molecule has 1 rings (SSSR count). The molecule has 1 aromatic carbocycles. The predicted molar refractivity (Wildman–Crippen MR) is 69.2 cm³/mol. The monoisotopic (exact) mass is 235 g/mol. The van der Waals surface area contributed by atoms with Crippen LogP contribution in [-0.2, 0) is 16.0 Å².